The maximum absolute atomic E-state index is 12.6. The van der Waals surface area contributed by atoms with Crippen LogP contribution in [0.2, 0.25) is 0 Å². The van der Waals surface area contributed by atoms with Gasteiger partial charge in [-0.2, -0.15) is 13.2 Å². The first kappa shape index (κ1) is 14.8. The Labute approximate surface area is 118 Å². The predicted molar refractivity (Wildman–Crippen MR) is 69.8 cm³/mol. The van der Waals surface area contributed by atoms with E-state index < -0.39 is 11.7 Å². The molecule has 1 saturated heterocycles. The second-order valence-corrected chi connectivity index (χ2v) is 5.54. The molecule has 1 aliphatic heterocycles. The van der Waals surface area contributed by atoms with Gasteiger partial charge in [-0.3, -0.25) is 4.90 Å². The van der Waals surface area contributed by atoms with E-state index in [1.165, 1.54) is 6.07 Å². The number of hydrogen-bond donors (Lipinski definition) is 0. The summed E-state index contributed by atoms with van der Waals surface area (Å²) in [5, 5.41) is 0. The maximum Gasteiger partial charge on any atom is 0.416 e. The third-order valence-electron chi connectivity index (χ3n) is 3.34. The molecule has 2 rings (SSSR count). The fraction of sp³-hybridized carbons (Fsp3) is 0.538. The first-order chi connectivity index (χ1) is 8.90. The average Bonchev–Trinajstić information content (AvgIpc) is 2.78. The molecule has 0 radical (unpaired) electrons. The number of rotatable bonds is 3. The zero-order chi connectivity index (χ0) is 14.0. The van der Waals surface area contributed by atoms with E-state index in [0.29, 0.717) is 11.0 Å². The van der Waals surface area contributed by atoms with Crippen molar-refractivity contribution in [2.24, 2.45) is 0 Å². The summed E-state index contributed by atoms with van der Waals surface area (Å²) < 4.78 is 43.4. The van der Waals surface area contributed by atoms with Crippen LogP contribution in [0.4, 0.5) is 13.2 Å². The van der Waals surface area contributed by atoms with E-state index in [2.05, 4.69) is 20.8 Å². The van der Waals surface area contributed by atoms with E-state index in [-0.39, 0.29) is 6.10 Å². The summed E-state index contributed by atoms with van der Waals surface area (Å²) in [7, 11) is 1.68. The van der Waals surface area contributed by atoms with E-state index in [4.69, 9.17) is 4.74 Å². The number of halogens is 4. The molecule has 0 aromatic heterocycles. The summed E-state index contributed by atoms with van der Waals surface area (Å²) >= 11 is 3.22. The van der Waals surface area contributed by atoms with Gasteiger partial charge in [-0.1, -0.05) is 22.0 Å². The lowest BCUT2D eigenvalue weighted by Crippen LogP contribution is -2.22. The molecule has 1 fully saturated rings. The quantitative estimate of drug-likeness (QED) is 0.834. The Hall–Kier alpha value is -0.590. The smallest absolute Gasteiger partial charge is 0.380 e. The van der Waals surface area contributed by atoms with Crippen LogP contribution in [0.25, 0.3) is 0 Å². The topological polar surface area (TPSA) is 12.5 Å². The number of likely N-dealkylation sites (tertiary alicyclic amines) is 1. The minimum Gasteiger partial charge on any atom is -0.380 e. The van der Waals surface area contributed by atoms with E-state index in [1.54, 1.807) is 7.11 Å². The Balaban J connectivity index is 2.06. The van der Waals surface area contributed by atoms with Crippen LogP contribution in [-0.2, 0) is 17.5 Å². The molecule has 0 amide bonds. The van der Waals surface area contributed by atoms with Gasteiger partial charge in [-0.05, 0) is 24.1 Å². The van der Waals surface area contributed by atoms with Crippen molar-refractivity contribution >= 4 is 15.9 Å². The fourth-order valence-electron chi connectivity index (χ4n) is 2.23. The summed E-state index contributed by atoms with van der Waals surface area (Å²) in [6, 6.07) is 3.80. The van der Waals surface area contributed by atoms with Crippen LogP contribution in [0.3, 0.4) is 0 Å². The number of methoxy groups -OCH3 is 1. The van der Waals surface area contributed by atoms with Crippen molar-refractivity contribution in [2.75, 3.05) is 20.2 Å². The average molecular weight is 338 g/mol. The Kier molecular flexibility index (Phi) is 4.53. The van der Waals surface area contributed by atoms with E-state index >= 15 is 0 Å². The number of alkyl halides is 3. The molecule has 1 aliphatic rings. The van der Waals surface area contributed by atoms with Crippen LogP contribution in [0.15, 0.2) is 22.7 Å². The van der Waals surface area contributed by atoms with Crippen LogP contribution in [0, 0.1) is 0 Å². The molecule has 106 valence electrons. The van der Waals surface area contributed by atoms with Gasteiger partial charge in [-0.15, -0.1) is 0 Å². The van der Waals surface area contributed by atoms with Crippen molar-refractivity contribution in [3.63, 3.8) is 0 Å². The van der Waals surface area contributed by atoms with Crippen LogP contribution in [0.1, 0.15) is 17.5 Å². The molecule has 6 heteroatoms. The standard InChI is InChI=1S/C13H15BrF3NO/c1-19-11-4-5-18(8-11)7-9-2-3-10(6-12(9)14)13(15,16)17/h2-3,6,11H,4-5,7-8H2,1H3/t11-/m1/s1. The normalized spacial score (nSPS) is 21.0. The number of ether oxygens (including phenoxy) is 1. The van der Waals surface area contributed by atoms with Gasteiger partial charge in [0.15, 0.2) is 0 Å². The van der Waals surface area contributed by atoms with Gasteiger partial charge < -0.3 is 4.74 Å². The Morgan fingerprint density at radius 1 is 1.42 bits per heavy atom. The molecule has 0 spiro atoms. The van der Waals surface area contributed by atoms with Gasteiger partial charge in [-0.25, -0.2) is 0 Å². The highest BCUT2D eigenvalue weighted by atomic mass is 79.9. The van der Waals surface area contributed by atoms with E-state index in [0.717, 1.165) is 37.2 Å². The fourth-order valence-corrected chi connectivity index (χ4v) is 2.73. The summed E-state index contributed by atoms with van der Waals surface area (Å²) in [5.74, 6) is 0. The minimum absolute atomic E-state index is 0.230. The molecule has 1 aromatic rings. The lowest BCUT2D eigenvalue weighted by molar-refractivity contribution is -0.137. The Bertz CT molecular complexity index is 450. The van der Waals surface area contributed by atoms with Gasteiger partial charge in [0.05, 0.1) is 11.7 Å². The lowest BCUT2D eigenvalue weighted by Gasteiger charge is -2.17. The number of benzene rings is 1. The summed E-state index contributed by atoms with van der Waals surface area (Å²) in [6.07, 6.45) is -3.10. The molecule has 2 nitrogen and oxygen atoms in total. The molecule has 1 atom stereocenters. The van der Waals surface area contributed by atoms with E-state index in [9.17, 15) is 13.2 Å². The second kappa shape index (κ2) is 5.81. The Morgan fingerprint density at radius 2 is 2.16 bits per heavy atom. The molecule has 1 aromatic carbocycles. The highest BCUT2D eigenvalue weighted by molar-refractivity contribution is 9.10. The van der Waals surface area contributed by atoms with Crippen LogP contribution < -0.4 is 0 Å². The molecular formula is C13H15BrF3NO. The third kappa shape index (κ3) is 3.70. The summed E-state index contributed by atoms with van der Waals surface area (Å²) in [4.78, 5) is 2.18. The van der Waals surface area contributed by atoms with Gasteiger partial charge in [0.25, 0.3) is 0 Å². The first-order valence-electron chi connectivity index (χ1n) is 6.01. The zero-order valence-corrected chi connectivity index (χ0v) is 12.1. The van der Waals surface area contributed by atoms with Gasteiger partial charge in [0.1, 0.15) is 0 Å². The summed E-state index contributed by atoms with van der Waals surface area (Å²) in [5.41, 5.74) is 0.240. The first-order valence-corrected chi connectivity index (χ1v) is 6.80. The van der Waals surface area contributed by atoms with Crippen LogP contribution in [-0.4, -0.2) is 31.2 Å². The molecule has 0 saturated carbocycles. The van der Waals surface area contributed by atoms with Crippen LogP contribution >= 0.6 is 15.9 Å². The van der Waals surface area contributed by atoms with Crippen molar-refractivity contribution in [1.82, 2.24) is 4.90 Å². The van der Waals surface area contributed by atoms with Crippen molar-refractivity contribution in [2.45, 2.75) is 25.2 Å². The van der Waals surface area contributed by atoms with E-state index in [1.807, 2.05) is 0 Å². The molecule has 0 N–H and O–H groups in total. The Morgan fingerprint density at radius 3 is 2.68 bits per heavy atom. The summed E-state index contributed by atoms with van der Waals surface area (Å²) in [6.45, 7) is 2.37. The second-order valence-electron chi connectivity index (χ2n) is 4.69. The molecule has 0 unspecified atom stereocenters. The third-order valence-corrected chi connectivity index (χ3v) is 4.08. The highest BCUT2D eigenvalue weighted by Gasteiger charge is 2.31. The zero-order valence-electron chi connectivity index (χ0n) is 10.5. The minimum atomic E-state index is -4.30. The van der Waals surface area contributed by atoms with Crippen molar-refractivity contribution < 1.29 is 17.9 Å². The highest BCUT2D eigenvalue weighted by Crippen LogP contribution is 2.32. The number of hydrogen-bond acceptors (Lipinski definition) is 2. The van der Waals surface area contributed by atoms with Crippen LogP contribution in [0.5, 0.6) is 0 Å². The predicted octanol–water partition coefficient (Wildman–Crippen LogP) is 3.69. The molecular weight excluding hydrogens is 323 g/mol. The SMILES string of the molecule is CO[C@@H]1CCN(Cc2ccc(C(F)(F)F)cc2Br)C1. The maximum atomic E-state index is 12.6. The van der Waals surface area contributed by atoms with Gasteiger partial charge >= 0.3 is 6.18 Å². The van der Waals surface area contributed by atoms with Crippen molar-refractivity contribution in [3.05, 3.63) is 33.8 Å². The van der Waals surface area contributed by atoms with Crippen molar-refractivity contribution in [3.8, 4) is 0 Å². The molecule has 0 bridgehead atoms. The van der Waals surface area contributed by atoms with Gasteiger partial charge in [0, 0.05) is 31.2 Å². The van der Waals surface area contributed by atoms with Crippen molar-refractivity contribution in [1.29, 1.82) is 0 Å². The molecule has 19 heavy (non-hydrogen) atoms. The molecule has 1 heterocycles. The monoisotopic (exact) mass is 337 g/mol. The largest absolute Gasteiger partial charge is 0.416 e. The molecule has 0 aliphatic carbocycles. The number of nitrogens with zero attached hydrogens (tertiary/aromatic N) is 1. The lowest BCUT2D eigenvalue weighted by atomic mass is 10.1. The van der Waals surface area contributed by atoms with Gasteiger partial charge in [0.2, 0.25) is 0 Å².